The maximum Gasteiger partial charge on any atom is 0.126 e. The van der Waals surface area contributed by atoms with Gasteiger partial charge in [-0.15, -0.1) is 0 Å². The highest BCUT2D eigenvalue weighted by Gasteiger charge is 2.28. The lowest BCUT2D eigenvalue weighted by atomic mass is 10.0. The molecule has 20 heavy (non-hydrogen) atoms. The monoisotopic (exact) mass is 283 g/mol. The van der Waals surface area contributed by atoms with Gasteiger partial charge in [-0.2, -0.15) is 0 Å². The van der Waals surface area contributed by atoms with Gasteiger partial charge >= 0.3 is 0 Å². The van der Waals surface area contributed by atoms with Crippen molar-refractivity contribution >= 4 is 5.69 Å². The van der Waals surface area contributed by atoms with Crippen LogP contribution in [0.2, 0.25) is 0 Å². The molecule has 1 aliphatic rings. The molecule has 4 nitrogen and oxygen atoms in total. The Morgan fingerprint density at radius 2 is 2.20 bits per heavy atom. The number of rotatable bonds is 3. The third-order valence-electron chi connectivity index (χ3n) is 3.78. The first kappa shape index (κ1) is 15.2. The number of aryl methyl sites for hydroxylation is 1. The van der Waals surface area contributed by atoms with Gasteiger partial charge in [0.05, 0.1) is 25.4 Å². The summed E-state index contributed by atoms with van der Waals surface area (Å²) >= 11 is 0. The molecule has 1 aromatic rings. The second-order valence-electron chi connectivity index (χ2n) is 5.48. The van der Waals surface area contributed by atoms with Gasteiger partial charge in [0.2, 0.25) is 0 Å². The molecule has 0 aliphatic carbocycles. The first-order valence-electron chi connectivity index (χ1n) is 6.91. The van der Waals surface area contributed by atoms with Gasteiger partial charge in [-0.05, 0) is 38.5 Å². The van der Waals surface area contributed by atoms with Crippen LogP contribution in [-0.2, 0) is 4.74 Å². The van der Waals surface area contributed by atoms with Crippen LogP contribution in [-0.4, -0.2) is 42.1 Å². The molecule has 0 saturated carbocycles. The van der Waals surface area contributed by atoms with Crippen LogP contribution in [0.15, 0.2) is 12.1 Å². The lowest BCUT2D eigenvalue weighted by Gasteiger charge is -2.40. The number of nitrogens with zero attached hydrogens (tertiary/aromatic N) is 1. The van der Waals surface area contributed by atoms with Gasteiger partial charge in [-0.3, -0.25) is 0 Å². The van der Waals surface area contributed by atoms with Crippen molar-refractivity contribution in [3.05, 3.63) is 29.1 Å². The number of benzene rings is 1. The molecule has 5 heteroatoms. The molecule has 0 spiro atoms. The Bertz CT molecular complexity index is 478. The normalized spacial score (nSPS) is 24.8. The van der Waals surface area contributed by atoms with E-state index in [4.69, 9.17) is 4.74 Å². The molecule has 0 bridgehead atoms. The van der Waals surface area contributed by atoms with E-state index in [0.717, 1.165) is 5.69 Å². The summed E-state index contributed by atoms with van der Waals surface area (Å²) in [5.41, 5.74) is 1.93. The summed E-state index contributed by atoms with van der Waals surface area (Å²) in [6, 6.07) is 3.26. The average molecular weight is 283 g/mol. The molecule has 2 unspecified atom stereocenters. The largest absolute Gasteiger partial charge is 0.394 e. The number of aliphatic hydroxyl groups is 2. The molecule has 1 saturated heterocycles. The molecule has 0 radical (unpaired) electrons. The van der Waals surface area contributed by atoms with Gasteiger partial charge in [-0.1, -0.05) is 0 Å². The molecule has 1 fully saturated rings. The third kappa shape index (κ3) is 2.95. The fraction of sp³-hybridized carbons (Fsp3) is 0.600. The number of hydrogen-bond acceptors (Lipinski definition) is 4. The van der Waals surface area contributed by atoms with Gasteiger partial charge in [-0.25, -0.2) is 4.39 Å². The van der Waals surface area contributed by atoms with Crippen molar-refractivity contribution in [2.45, 2.75) is 39.0 Å². The molecule has 1 aliphatic heterocycles. The van der Waals surface area contributed by atoms with Crippen molar-refractivity contribution in [1.29, 1.82) is 0 Å². The molecule has 1 heterocycles. The zero-order valence-corrected chi connectivity index (χ0v) is 12.1. The van der Waals surface area contributed by atoms with E-state index < -0.39 is 6.10 Å². The number of morpholine rings is 1. The fourth-order valence-corrected chi connectivity index (χ4v) is 2.53. The highest BCUT2D eigenvalue weighted by Crippen LogP contribution is 2.32. The van der Waals surface area contributed by atoms with Crippen molar-refractivity contribution < 1.29 is 19.3 Å². The Hall–Kier alpha value is -1.17. The van der Waals surface area contributed by atoms with E-state index >= 15 is 0 Å². The quantitative estimate of drug-likeness (QED) is 0.888. The summed E-state index contributed by atoms with van der Waals surface area (Å²) < 4.78 is 19.2. The fourth-order valence-electron chi connectivity index (χ4n) is 2.53. The zero-order valence-electron chi connectivity index (χ0n) is 12.1. The molecule has 0 aromatic heterocycles. The molecule has 2 N–H and O–H groups in total. The Balaban J connectivity index is 2.41. The van der Waals surface area contributed by atoms with Crippen LogP contribution in [0.25, 0.3) is 0 Å². The van der Waals surface area contributed by atoms with Crippen LogP contribution in [0.1, 0.15) is 31.1 Å². The van der Waals surface area contributed by atoms with Gasteiger partial charge < -0.3 is 19.8 Å². The molecule has 1 aromatic carbocycles. The number of halogens is 1. The summed E-state index contributed by atoms with van der Waals surface area (Å²) in [6.07, 6.45) is -0.999. The second-order valence-corrected chi connectivity index (χ2v) is 5.48. The standard InChI is InChI=1S/C15H22FNO3/c1-9-4-15(13(11(3)19)5-14(9)16)17-6-12(7-18)20-8-10(17)2/h4-5,10-12,18-19H,6-8H2,1-3H3/t10?,11-,12?/m1/s1. The lowest BCUT2D eigenvalue weighted by Crippen LogP contribution is -2.50. The first-order chi connectivity index (χ1) is 9.43. The number of aliphatic hydroxyl groups excluding tert-OH is 2. The second kappa shape index (κ2) is 6.08. The summed E-state index contributed by atoms with van der Waals surface area (Å²) in [4.78, 5) is 2.07. The lowest BCUT2D eigenvalue weighted by molar-refractivity contribution is -0.0104. The van der Waals surface area contributed by atoms with Crippen LogP contribution in [0.3, 0.4) is 0 Å². The van der Waals surface area contributed by atoms with Gasteiger partial charge in [0, 0.05) is 23.8 Å². The minimum atomic E-state index is -0.747. The maximum atomic E-state index is 13.7. The highest BCUT2D eigenvalue weighted by atomic mass is 19.1. The zero-order chi connectivity index (χ0) is 14.9. The van der Waals surface area contributed by atoms with Crippen LogP contribution in [0.5, 0.6) is 0 Å². The number of anilines is 1. The molecule has 112 valence electrons. The van der Waals surface area contributed by atoms with Crippen LogP contribution in [0.4, 0.5) is 10.1 Å². The van der Waals surface area contributed by atoms with E-state index in [9.17, 15) is 14.6 Å². The van der Waals surface area contributed by atoms with Gasteiger partial charge in [0.15, 0.2) is 0 Å². The molecule has 0 amide bonds. The first-order valence-corrected chi connectivity index (χ1v) is 6.91. The van der Waals surface area contributed by atoms with E-state index in [1.165, 1.54) is 6.07 Å². The van der Waals surface area contributed by atoms with Crippen molar-refractivity contribution in [1.82, 2.24) is 0 Å². The average Bonchev–Trinajstić information content (AvgIpc) is 2.42. The number of hydrogen-bond donors (Lipinski definition) is 2. The highest BCUT2D eigenvalue weighted by molar-refractivity contribution is 5.57. The van der Waals surface area contributed by atoms with Gasteiger partial charge in [0.25, 0.3) is 0 Å². The minimum absolute atomic E-state index is 0.0482. The maximum absolute atomic E-state index is 13.7. The van der Waals surface area contributed by atoms with E-state index in [-0.39, 0.29) is 24.6 Å². The third-order valence-corrected chi connectivity index (χ3v) is 3.78. The van der Waals surface area contributed by atoms with Crippen molar-refractivity contribution in [2.24, 2.45) is 0 Å². The predicted octanol–water partition coefficient (Wildman–Crippen LogP) is 1.77. The van der Waals surface area contributed by atoms with E-state index in [1.807, 2.05) is 6.92 Å². The van der Waals surface area contributed by atoms with Gasteiger partial charge in [0.1, 0.15) is 5.82 Å². The summed E-state index contributed by atoms with van der Waals surface area (Å²) in [7, 11) is 0. The SMILES string of the molecule is Cc1cc(N2CC(CO)OCC2C)c([C@@H](C)O)cc1F. The van der Waals surface area contributed by atoms with Crippen molar-refractivity contribution in [3.8, 4) is 0 Å². The predicted molar refractivity (Wildman–Crippen MR) is 75.4 cm³/mol. The molecule has 3 atom stereocenters. The topological polar surface area (TPSA) is 52.9 Å². The van der Waals surface area contributed by atoms with E-state index in [2.05, 4.69) is 4.90 Å². The van der Waals surface area contributed by atoms with Crippen LogP contribution >= 0.6 is 0 Å². The smallest absolute Gasteiger partial charge is 0.126 e. The Kier molecular flexibility index (Phi) is 4.62. The van der Waals surface area contributed by atoms with Crippen LogP contribution < -0.4 is 4.90 Å². The van der Waals surface area contributed by atoms with Crippen molar-refractivity contribution in [2.75, 3.05) is 24.7 Å². The minimum Gasteiger partial charge on any atom is -0.394 e. The van der Waals surface area contributed by atoms with Crippen molar-refractivity contribution in [3.63, 3.8) is 0 Å². The summed E-state index contributed by atoms with van der Waals surface area (Å²) in [6.45, 7) is 6.33. The van der Waals surface area contributed by atoms with E-state index in [0.29, 0.717) is 24.3 Å². The Labute approximate surface area is 118 Å². The summed E-state index contributed by atoms with van der Waals surface area (Å²) in [5, 5.41) is 19.1. The van der Waals surface area contributed by atoms with E-state index in [1.54, 1.807) is 19.9 Å². The Morgan fingerprint density at radius 1 is 1.50 bits per heavy atom. The Morgan fingerprint density at radius 3 is 2.80 bits per heavy atom. The molecule has 2 rings (SSSR count). The molecular weight excluding hydrogens is 261 g/mol. The summed E-state index contributed by atoms with van der Waals surface area (Å²) in [5.74, 6) is -0.315. The van der Waals surface area contributed by atoms with Crippen LogP contribution in [0, 0.1) is 12.7 Å². The molecular formula is C15H22FNO3. The number of ether oxygens (including phenoxy) is 1.